The van der Waals surface area contributed by atoms with Crippen molar-refractivity contribution in [3.63, 3.8) is 0 Å². The van der Waals surface area contributed by atoms with Crippen LogP contribution in [0.2, 0.25) is 0 Å². The van der Waals surface area contributed by atoms with Crippen LogP contribution in [0.4, 0.5) is 0 Å². The molecule has 1 aromatic carbocycles. The van der Waals surface area contributed by atoms with Gasteiger partial charge in [0.2, 0.25) is 5.75 Å². The number of aromatic nitrogens is 2. The molecule has 0 saturated carbocycles. The number of hydrogen-bond donors (Lipinski definition) is 2. The Balaban J connectivity index is 1.60. The third-order valence-electron chi connectivity index (χ3n) is 3.31. The molecular formula is C15H19N3O3. The number of H-pyrrole nitrogens is 1. The number of aromatic amines is 1. The maximum absolute atomic E-state index is 5.62. The van der Waals surface area contributed by atoms with Crippen LogP contribution in [0.1, 0.15) is 11.4 Å². The molecule has 0 spiro atoms. The standard InChI is InChI=1S/C15H19N3O3/c1-19-12-8-11(9-13-15(12)21-7-6-20-13)10-16-3-2-14-17-4-5-18-14/h4-5,8-9,16H,2-3,6-7,10H2,1H3,(H,17,18). The molecule has 0 saturated heterocycles. The van der Waals surface area contributed by atoms with E-state index in [0.717, 1.165) is 42.4 Å². The summed E-state index contributed by atoms with van der Waals surface area (Å²) in [7, 11) is 1.64. The van der Waals surface area contributed by atoms with Gasteiger partial charge in [0.1, 0.15) is 19.0 Å². The summed E-state index contributed by atoms with van der Waals surface area (Å²) in [5, 5.41) is 3.39. The fourth-order valence-corrected chi connectivity index (χ4v) is 2.30. The highest BCUT2D eigenvalue weighted by molar-refractivity contribution is 5.54. The van der Waals surface area contributed by atoms with E-state index in [4.69, 9.17) is 14.2 Å². The van der Waals surface area contributed by atoms with Gasteiger partial charge in [0.05, 0.1) is 7.11 Å². The second-order valence-electron chi connectivity index (χ2n) is 4.78. The lowest BCUT2D eigenvalue weighted by molar-refractivity contribution is 0.165. The lowest BCUT2D eigenvalue weighted by Crippen LogP contribution is -2.19. The molecule has 2 N–H and O–H groups in total. The Kier molecular flexibility index (Phi) is 4.25. The first kappa shape index (κ1) is 13.8. The molecule has 1 aromatic heterocycles. The molecule has 6 nitrogen and oxygen atoms in total. The van der Waals surface area contributed by atoms with E-state index in [1.807, 2.05) is 18.3 Å². The summed E-state index contributed by atoms with van der Waals surface area (Å²) < 4.78 is 16.6. The molecule has 21 heavy (non-hydrogen) atoms. The van der Waals surface area contributed by atoms with E-state index in [1.165, 1.54) is 0 Å². The number of nitrogens with one attached hydrogen (secondary N) is 2. The first-order valence-corrected chi connectivity index (χ1v) is 7.02. The van der Waals surface area contributed by atoms with Crippen LogP contribution in [0.25, 0.3) is 0 Å². The van der Waals surface area contributed by atoms with Crippen molar-refractivity contribution >= 4 is 0 Å². The number of benzene rings is 1. The van der Waals surface area contributed by atoms with Gasteiger partial charge in [-0.25, -0.2) is 4.98 Å². The summed E-state index contributed by atoms with van der Waals surface area (Å²) in [4.78, 5) is 7.28. The van der Waals surface area contributed by atoms with E-state index in [2.05, 4.69) is 15.3 Å². The summed E-state index contributed by atoms with van der Waals surface area (Å²) >= 11 is 0. The average Bonchev–Trinajstić information content (AvgIpc) is 3.04. The molecule has 3 rings (SSSR count). The van der Waals surface area contributed by atoms with Gasteiger partial charge >= 0.3 is 0 Å². The predicted molar refractivity (Wildman–Crippen MR) is 78.0 cm³/mol. The topological polar surface area (TPSA) is 68.4 Å². The normalized spacial score (nSPS) is 13.2. The lowest BCUT2D eigenvalue weighted by Gasteiger charge is -2.21. The van der Waals surface area contributed by atoms with Gasteiger partial charge in [-0.1, -0.05) is 0 Å². The number of hydrogen-bond acceptors (Lipinski definition) is 5. The third-order valence-corrected chi connectivity index (χ3v) is 3.31. The molecule has 2 heterocycles. The minimum atomic E-state index is 0.560. The van der Waals surface area contributed by atoms with Crippen LogP contribution in [0.3, 0.4) is 0 Å². The minimum absolute atomic E-state index is 0.560. The number of methoxy groups -OCH3 is 1. The number of nitrogens with zero attached hydrogens (tertiary/aromatic N) is 1. The number of ether oxygens (including phenoxy) is 3. The Labute approximate surface area is 123 Å². The van der Waals surface area contributed by atoms with Crippen LogP contribution < -0.4 is 19.5 Å². The van der Waals surface area contributed by atoms with E-state index in [9.17, 15) is 0 Å². The van der Waals surface area contributed by atoms with Crippen molar-refractivity contribution in [1.29, 1.82) is 0 Å². The largest absolute Gasteiger partial charge is 0.493 e. The van der Waals surface area contributed by atoms with E-state index in [0.29, 0.717) is 19.0 Å². The summed E-state index contributed by atoms with van der Waals surface area (Å²) in [6, 6.07) is 3.98. The van der Waals surface area contributed by atoms with Crippen LogP contribution in [0.15, 0.2) is 24.5 Å². The van der Waals surface area contributed by atoms with Crippen LogP contribution in [0, 0.1) is 0 Å². The fraction of sp³-hybridized carbons (Fsp3) is 0.400. The monoisotopic (exact) mass is 289 g/mol. The van der Waals surface area contributed by atoms with Crippen LogP contribution in [-0.4, -0.2) is 36.8 Å². The van der Waals surface area contributed by atoms with Crippen molar-refractivity contribution in [2.24, 2.45) is 0 Å². The average molecular weight is 289 g/mol. The second kappa shape index (κ2) is 6.49. The maximum atomic E-state index is 5.62. The maximum Gasteiger partial charge on any atom is 0.203 e. The van der Waals surface area contributed by atoms with Gasteiger partial charge < -0.3 is 24.5 Å². The smallest absolute Gasteiger partial charge is 0.203 e. The molecule has 112 valence electrons. The quantitative estimate of drug-likeness (QED) is 0.789. The SMILES string of the molecule is COc1cc(CNCCc2ncc[nH]2)cc2c1OCCO2. The number of imidazole rings is 1. The highest BCUT2D eigenvalue weighted by Gasteiger charge is 2.18. The molecule has 0 aliphatic carbocycles. The molecule has 0 atom stereocenters. The van der Waals surface area contributed by atoms with Crippen LogP contribution in [0.5, 0.6) is 17.2 Å². The van der Waals surface area contributed by atoms with Crippen molar-refractivity contribution < 1.29 is 14.2 Å². The molecule has 0 amide bonds. The van der Waals surface area contributed by atoms with Crippen molar-refractivity contribution in [3.8, 4) is 17.2 Å². The molecule has 1 aliphatic rings. The number of rotatable bonds is 6. The lowest BCUT2D eigenvalue weighted by atomic mass is 10.1. The van der Waals surface area contributed by atoms with Gasteiger partial charge in [-0.05, 0) is 17.7 Å². The molecule has 6 heteroatoms. The molecule has 0 fully saturated rings. The van der Waals surface area contributed by atoms with Crippen molar-refractivity contribution in [2.45, 2.75) is 13.0 Å². The molecule has 0 radical (unpaired) electrons. The molecule has 2 aromatic rings. The van der Waals surface area contributed by atoms with Crippen molar-refractivity contribution in [1.82, 2.24) is 15.3 Å². The molecule has 0 bridgehead atoms. The Bertz CT molecular complexity index is 567. The van der Waals surface area contributed by atoms with Crippen LogP contribution in [-0.2, 0) is 13.0 Å². The van der Waals surface area contributed by atoms with E-state index < -0.39 is 0 Å². The zero-order valence-corrected chi connectivity index (χ0v) is 12.0. The van der Waals surface area contributed by atoms with E-state index in [1.54, 1.807) is 13.3 Å². The first-order chi connectivity index (χ1) is 10.4. The molecular weight excluding hydrogens is 270 g/mol. The van der Waals surface area contributed by atoms with E-state index >= 15 is 0 Å². The summed E-state index contributed by atoms with van der Waals surface area (Å²) in [5.41, 5.74) is 1.11. The van der Waals surface area contributed by atoms with Gasteiger partial charge in [-0.3, -0.25) is 0 Å². The van der Waals surface area contributed by atoms with Gasteiger partial charge in [-0.2, -0.15) is 0 Å². The highest BCUT2D eigenvalue weighted by atomic mass is 16.6. The Morgan fingerprint density at radius 3 is 3.05 bits per heavy atom. The van der Waals surface area contributed by atoms with Gasteiger partial charge in [0.15, 0.2) is 11.5 Å². The summed E-state index contributed by atoms with van der Waals surface area (Å²) in [6.07, 6.45) is 4.47. The van der Waals surface area contributed by atoms with Gasteiger partial charge in [-0.15, -0.1) is 0 Å². The second-order valence-corrected chi connectivity index (χ2v) is 4.78. The van der Waals surface area contributed by atoms with Gasteiger partial charge in [0, 0.05) is 31.9 Å². The Morgan fingerprint density at radius 1 is 1.33 bits per heavy atom. The summed E-state index contributed by atoms with van der Waals surface area (Å²) in [6.45, 7) is 2.73. The third kappa shape index (κ3) is 3.28. The first-order valence-electron chi connectivity index (χ1n) is 7.02. The number of fused-ring (bicyclic) bond motifs is 1. The minimum Gasteiger partial charge on any atom is -0.493 e. The highest BCUT2D eigenvalue weighted by Crippen LogP contribution is 2.40. The van der Waals surface area contributed by atoms with Gasteiger partial charge in [0.25, 0.3) is 0 Å². The van der Waals surface area contributed by atoms with Crippen molar-refractivity contribution in [2.75, 3.05) is 26.9 Å². The molecule has 1 aliphatic heterocycles. The summed E-state index contributed by atoms with van der Waals surface area (Å²) in [5.74, 6) is 3.16. The fourth-order valence-electron chi connectivity index (χ4n) is 2.30. The predicted octanol–water partition coefficient (Wildman–Crippen LogP) is 1.52. The zero-order chi connectivity index (χ0) is 14.5. The van der Waals surface area contributed by atoms with E-state index in [-0.39, 0.29) is 0 Å². The Morgan fingerprint density at radius 2 is 2.24 bits per heavy atom. The Hall–Kier alpha value is -2.21. The zero-order valence-electron chi connectivity index (χ0n) is 12.0. The molecule has 0 unspecified atom stereocenters. The van der Waals surface area contributed by atoms with Crippen molar-refractivity contribution in [3.05, 3.63) is 35.9 Å². The van der Waals surface area contributed by atoms with Crippen LogP contribution >= 0.6 is 0 Å².